The maximum absolute atomic E-state index is 11.8. The van der Waals surface area contributed by atoms with Crippen molar-refractivity contribution in [3.05, 3.63) is 35.9 Å². The Bertz CT molecular complexity index is 475. The number of carbonyl (C=O) groups excluding carboxylic acids is 2. The Morgan fingerprint density at radius 3 is 2.68 bits per heavy atom. The third-order valence-corrected chi connectivity index (χ3v) is 3.53. The molecule has 1 heterocycles. The van der Waals surface area contributed by atoms with Crippen LogP contribution in [-0.4, -0.2) is 29.1 Å². The zero-order valence-corrected chi connectivity index (χ0v) is 11.4. The largest absolute Gasteiger partial charge is 0.445 e. The van der Waals surface area contributed by atoms with Gasteiger partial charge >= 0.3 is 11.9 Å². The van der Waals surface area contributed by atoms with Crippen LogP contribution in [0.1, 0.15) is 24.2 Å². The minimum absolute atomic E-state index is 0.188. The summed E-state index contributed by atoms with van der Waals surface area (Å²) >= 11 is 1.16. The molecular weight excluding hydrogens is 268 g/mol. The molecule has 0 amide bonds. The molecule has 0 radical (unpaired) electrons. The highest BCUT2D eigenvalue weighted by Crippen LogP contribution is 2.39. The highest BCUT2D eigenvalue weighted by atomic mass is 32.2. The number of thioether (sulfide) groups is 1. The predicted octanol–water partition coefficient (Wildman–Crippen LogP) is 2.17. The Hall–Kier alpha value is -1.53. The van der Waals surface area contributed by atoms with E-state index >= 15 is 0 Å². The summed E-state index contributed by atoms with van der Waals surface area (Å²) in [6.07, 6.45) is 0. The first-order valence-corrected chi connectivity index (χ1v) is 6.64. The Morgan fingerprint density at radius 2 is 2.05 bits per heavy atom. The maximum atomic E-state index is 11.8. The van der Waals surface area contributed by atoms with Crippen molar-refractivity contribution in [3.8, 4) is 0 Å². The first-order valence-electron chi connectivity index (χ1n) is 5.76. The quantitative estimate of drug-likeness (QED) is 0.792. The smallest absolute Gasteiger partial charge is 0.339 e. The molecule has 1 aliphatic rings. The van der Waals surface area contributed by atoms with E-state index in [4.69, 9.17) is 14.2 Å². The molecule has 1 fully saturated rings. The monoisotopic (exact) mass is 282 g/mol. The molecule has 1 aromatic rings. The third-order valence-electron chi connectivity index (χ3n) is 2.40. The van der Waals surface area contributed by atoms with Crippen molar-refractivity contribution in [1.29, 1.82) is 0 Å². The van der Waals surface area contributed by atoms with E-state index in [-0.39, 0.29) is 6.61 Å². The minimum atomic E-state index is -1.09. The van der Waals surface area contributed by atoms with Gasteiger partial charge in [-0.1, -0.05) is 18.2 Å². The van der Waals surface area contributed by atoms with E-state index in [1.165, 1.54) is 6.92 Å². The van der Waals surface area contributed by atoms with Gasteiger partial charge in [-0.25, -0.2) is 4.79 Å². The van der Waals surface area contributed by atoms with E-state index in [9.17, 15) is 9.59 Å². The van der Waals surface area contributed by atoms with Gasteiger partial charge in [0.25, 0.3) is 5.12 Å². The molecule has 0 aliphatic carbocycles. The van der Waals surface area contributed by atoms with Crippen LogP contribution < -0.4 is 0 Å². The zero-order valence-electron chi connectivity index (χ0n) is 10.6. The van der Waals surface area contributed by atoms with Gasteiger partial charge in [0.2, 0.25) is 0 Å². The summed E-state index contributed by atoms with van der Waals surface area (Å²) in [4.78, 5) is 22.8. The Balaban J connectivity index is 1.92. The average Bonchev–Trinajstić information content (AvgIpc) is 2.70. The molecule has 102 valence electrons. The van der Waals surface area contributed by atoms with Gasteiger partial charge in [-0.2, -0.15) is 0 Å². The van der Waals surface area contributed by atoms with Gasteiger partial charge in [-0.05, 0) is 23.9 Å². The first-order chi connectivity index (χ1) is 8.98. The number of rotatable bonds is 3. The van der Waals surface area contributed by atoms with Gasteiger partial charge in [0, 0.05) is 13.8 Å². The third kappa shape index (κ3) is 3.71. The molecule has 1 saturated heterocycles. The molecule has 5 nitrogen and oxygen atoms in total. The second kappa shape index (κ2) is 5.63. The fraction of sp³-hybridized carbons (Fsp3) is 0.385. The van der Waals surface area contributed by atoms with E-state index in [0.29, 0.717) is 5.56 Å². The van der Waals surface area contributed by atoms with Crippen LogP contribution in [0.15, 0.2) is 30.3 Å². The fourth-order valence-electron chi connectivity index (χ4n) is 1.66. The normalized spacial score (nSPS) is 25.9. The van der Waals surface area contributed by atoms with Crippen molar-refractivity contribution in [2.24, 2.45) is 0 Å². The Kier molecular flexibility index (Phi) is 4.11. The standard InChI is InChI=1S/C13H14O5S/c1-9(14)18-13(2)16-8-11(19-13)17-12(15)10-6-4-3-5-7-10/h3-7,11H,8H2,1-2H3. The van der Waals surface area contributed by atoms with Gasteiger partial charge in [-0.3, -0.25) is 4.79 Å². The second-order valence-electron chi connectivity index (χ2n) is 4.09. The van der Waals surface area contributed by atoms with E-state index < -0.39 is 22.5 Å². The lowest BCUT2D eigenvalue weighted by Crippen LogP contribution is -2.26. The van der Waals surface area contributed by atoms with Crippen molar-refractivity contribution in [2.45, 2.75) is 24.4 Å². The summed E-state index contributed by atoms with van der Waals surface area (Å²) in [5.74, 6) is -0.862. The summed E-state index contributed by atoms with van der Waals surface area (Å²) in [5.41, 5.74) is -0.0127. The molecule has 1 aliphatic heterocycles. The van der Waals surface area contributed by atoms with Gasteiger partial charge in [0.1, 0.15) is 0 Å². The SMILES string of the molecule is CC(=O)OC1(C)OCC(OC(=O)c2ccccc2)S1. The van der Waals surface area contributed by atoms with Crippen molar-refractivity contribution in [3.63, 3.8) is 0 Å². The molecule has 0 saturated carbocycles. The average molecular weight is 282 g/mol. The minimum Gasteiger partial charge on any atom is -0.445 e. The Morgan fingerprint density at radius 1 is 1.37 bits per heavy atom. The van der Waals surface area contributed by atoms with E-state index in [2.05, 4.69) is 0 Å². The highest BCUT2D eigenvalue weighted by Gasteiger charge is 2.42. The molecular formula is C13H14O5S. The van der Waals surface area contributed by atoms with Crippen molar-refractivity contribution in [1.82, 2.24) is 0 Å². The predicted molar refractivity (Wildman–Crippen MR) is 69.4 cm³/mol. The molecule has 2 atom stereocenters. The summed E-state index contributed by atoms with van der Waals surface area (Å²) in [7, 11) is 0. The first kappa shape index (κ1) is 13.9. The summed E-state index contributed by atoms with van der Waals surface area (Å²) < 4.78 is 15.7. The molecule has 2 rings (SSSR count). The van der Waals surface area contributed by atoms with Gasteiger partial charge in [0.15, 0.2) is 5.44 Å². The maximum Gasteiger partial charge on any atom is 0.339 e. The van der Waals surface area contributed by atoms with Crippen LogP contribution in [0.25, 0.3) is 0 Å². The molecule has 0 aromatic heterocycles. The van der Waals surface area contributed by atoms with Crippen LogP contribution in [0.3, 0.4) is 0 Å². The van der Waals surface area contributed by atoms with E-state index in [0.717, 1.165) is 11.8 Å². The van der Waals surface area contributed by atoms with Crippen molar-refractivity contribution >= 4 is 23.7 Å². The van der Waals surface area contributed by atoms with E-state index in [1.807, 2.05) is 6.07 Å². The highest BCUT2D eigenvalue weighted by molar-refractivity contribution is 8.01. The van der Waals surface area contributed by atoms with Crippen molar-refractivity contribution < 1.29 is 23.8 Å². The lowest BCUT2D eigenvalue weighted by atomic mass is 10.2. The molecule has 0 spiro atoms. The van der Waals surface area contributed by atoms with Gasteiger partial charge in [0.05, 0.1) is 12.2 Å². The fourth-order valence-corrected chi connectivity index (χ4v) is 2.71. The molecule has 0 N–H and O–H groups in total. The van der Waals surface area contributed by atoms with Crippen LogP contribution in [0, 0.1) is 0 Å². The van der Waals surface area contributed by atoms with E-state index in [1.54, 1.807) is 31.2 Å². The van der Waals surface area contributed by atoms with Crippen LogP contribution >= 0.6 is 11.8 Å². The number of benzene rings is 1. The van der Waals surface area contributed by atoms with Crippen LogP contribution in [0.5, 0.6) is 0 Å². The molecule has 6 heteroatoms. The number of hydrogen-bond donors (Lipinski definition) is 0. The topological polar surface area (TPSA) is 61.8 Å². The summed E-state index contributed by atoms with van der Waals surface area (Å²) in [6.45, 7) is 3.11. The van der Waals surface area contributed by atoms with Crippen molar-refractivity contribution in [2.75, 3.05) is 6.61 Å². The molecule has 0 bridgehead atoms. The molecule has 2 unspecified atom stereocenters. The number of esters is 2. The summed E-state index contributed by atoms with van der Waals surface area (Å²) in [6, 6.07) is 8.69. The molecule has 19 heavy (non-hydrogen) atoms. The Labute approximate surface area is 115 Å². The number of hydrogen-bond acceptors (Lipinski definition) is 6. The lowest BCUT2D eigenvalue weighted by molar-refractivity contribution is -0.180. The van der Waals surface area contributed by atoms with Gasteiger partial charge < -0.3 is 14.2 Å². The summed E-state index contributed by atoms with van der Waals surface area (Å²) in [5, 5.41) is -1.09. The second-order valence-corrected chi connectivity index (χ2v) is 5.59. The number of carbonyl (C=O) groups is 2. The van der Waals surface area contributed by atoms with Crippen LogP contribution in [0.2, 0.25) is 0 Å². The zero-order chi connectivity index (χ0) is 13.9. The number of ether oxygens (including phenoxy) is 3. The lowest BCUT2D eigenvalue weighted by Gasteiger charge is -2.20. The van der Waals surface area contributed by atoms with Crippen LogP contribution in [0.4, 0.5) is 0 Å². The van der Waals surface area contributed by atoms with Crippen LogP contribution in [-0.2, 0) is 19.0 Å². The molecule has 1 aromatic carbocycles. The van der Waals surface area contributed by atoms with Gasteiger partial charge in [-0.15, -0.1) is 0 Å².